The minimum absolute atomic E-state index is 0.0466. The van der Waals surface area contributed by atoms with Crippen molar-refractivity contribution in [3.8, 4) is 0 Å². The molecule has 1 N–H and O–H groups in total. The number of carbonyl (C=O) groups is 1. The van der Waals surface area contributed by atoms with E-state index in [9.17, 15) is 4.79 Å². The monoisotopic (exact) mass is 393 g/mol. The fraction of sp³-hybridized carbons (Fsp3) is 0.632. The van der Waals surface area contributed by atoms with Gasteiger partial charge in [-0.15, -0.1) is 0 Å². The molecule has 24 heavy (non-hydrogen) atoms. The molecule has 1 aliphatic heterocycles. The zero-order valence-electron chi connectivity index (χ0n) is 14.5. The Morgan fingerprint density at radius 1 is 1.17 bits per heavy atom. The number of amides is 1. The van der Waals surface area contributed by atoms with E-state index < -0.39 is 0 Å². The summed E-state index contributed by atoms with van der Waals surface area (Å²) >= 11 is 3.44. The first-order valence-corrected chi connectivity index (χ1v) is 9.92. The van der Waals surface area contributed by atoms with Crippen molar-refractivity contribution in [1.82, 2.24) is 15.1 Å². The molecule has 1 saturated heterocycles. The molecule has 4 nitrogen and oxygen atoms in total. The highest BCUT2D eigenvalue weighted by Gasteiger charge is 2.26. The summed E-state index contributed by atoms with van der Waals surface area (Å²) in [7, 11) is 0. The standard InChI is InChI=1S/C19H28BrN3O/c1-15(16-6-8-17(20)9-7-16)21-19(24)14-22-10-12-23(13-11-22)18-4-2-3-5-18/h6-9,15,18H,2-5,10-14H2,1H3,(H,21,24). The van der Waals surface area contributed by atoms with E-state index in [2.05, 4.69) is 43.2 Å². The minimum Gasteiger partial charge on any atom is -0.348 e. The van der Waals surface area contributed by atoms with Gasteiger partial charge in [0.05, 0.1) is 12.6 Å². The third-order valence-corrected chi connectivity index (χ3v) is 5.89. The van der Waals surface area contributed by atoms with Crippen LogP contribution in [0.15, 0.2) is 28.7 Å². The van der Waals surface area contributed by atoms with Gasteiger partial charge in [-0.2, -0.15) is 0 Å². The number of carbonyl (C=O) groups excluding carboxylic acids is 1. The molecule has 1 atom stereocenters. The molecule has 3 rings (SSSR count). The Kier molecular flexibility index (Phi) is 6.31. The van der Waals surface area contributed by atoms with Gasteiger partial charge >= 0.3 is 0 Å². The van der Waals surface area contributed by atoms with Gasteiger partial charge in [0.25, 0.3) is 0 Å². The van der Waals surface area contributed by atoms with E-state index in [0.717, 1.165) is 42.3 Å². The van der Waals surface area contributed by atoms with Crippen LogP contribution in [-0.2, 0) is 4.79 Å². The van der Waals surface area contributed by atoms with Gasteiger partial charge in [0.2, 0.25) is 5.91 Å². The van der Waals surface area contributed by atoms with E-state index in [-0.39, 0.29) is 11.9 Å². The highest BCUT2D eigenvalue weighted by atomic mass is 79.9. The minimum atomic E-state index is 0.0466. The summed E-state index contributed by atoms with van der Waals surface area (Å²) < 4.78 is 1.06. The zero-order chi connectivity index (χ0) is 16.9. The van der Waals surface area contributed by atoms with Crippen LogP contribution in [-0.4, -0.2) is 54.5 Å². The lowest BCUT2D eigenvalue weighted by Gasteiger charge is -2.37. The third-order valence-electron chi connectivity index (χ3n) is 5.36. The fourth-order valence-electron chi connectivity index (χ4n) is 3.88. The smallest absolute Gasteiger partial charge is 0.234 e. The molecule has 0 radical (unpaired) electrons. The van der Waals surface area contributed by atoms with Crippen molar-refractivity contribution in [3.63, 3.8) is 0 Å². The van der Waals surface area contributed by atoms with E-state index in [1.54, 1.807) is 0 Å². The largest absolute Gasteiger partial charge is 0.348 e. The Morgan fingerprint density at radius 3 is 2.42 bits per heavy atom. The van der Waals surface area contributed by atoms with Crippen molar-refractivity contribution in [2.45, 2.75) is 44.7 Å². The number of nitrogens with one attached hydrogen (secondary N) is 1. The Labute approximate surface area is 153 Å². The molecule has 1 aromatic carbocycles. The van der Waals surface area contributed by atoms with Crippen LogP contribution >= 0.6 is 15.9 Å². The Bertz CT molecular complexity index is 534. The first-order valence-electron chi connectivity index (χ1n) is 9.13. The lowest BCUT2D eigenvalue weighted by atomic mass is 10.1. The van der Waals surface area contributed by atoms with Crippen molar-refractivity contribution in [2.75, 3.05) is 32.7 Å². The van der Waals surface area contributed by atoms with Gasteiger partial charge in [-0.05, 0) is 37.5 Å². The summed E-state index contributed by atoms with van der Waals surface area (Å²) in [6.07, 6.45) is 5.51. The number of hydrogen-bond donors (Lipinski definition) is 1. The van der Waals surface area contributed by atoms with Crippen LogP contribution < -0.4 is 5.32 Å². The van der Waals surface area contributed by atoms with Gasteiger partial charge in [0.1, 0.15) is 0 Å². The molecule has 2 aliphatic rings. The summed E-state index contributed by atoms with van der Waals surface area (Å²) in [5, 5.41) is 3.12. The zero-order valence-corrected chi connectivity index (χ0v) is 16.1. The highest BCUT2D eigenvalue weighted by Crippen LogP contribution is 2.24. The second-order valence-corrected chi connectivity index (χ2v) is 8.01. The molecule has 132 valence electrons. The molecular weight excluding hydrogens is 366 g/mol. The van der Waals surface area contributed by atoms with E-state index in [1.165, 1.54) is 25.7 Å². The van der Waals surface area contributed by atoms with Crippen LogP contribution in [0.25, 0.3) is 0 Å². The molecule has 5 heteroatoms. The average molecular weight is 394 g/mol. The van der Waals surface area contributed by atoms with Crippen molar-refractivity contribution >= 4 is 21.8 Å². The first kappa shape index (κ1) is 17.9. The Hall–Kier alpha value is -0.910. The van der Waals surface area contributed by atoms with Crippen LogP contribution in [0.5, 0.6) is 0 Å². The SMILES string of the molecule is CC(NC(=O)CN1CCN(C2CCCC2)CC1)c1ccc(Br)cc1. The molecule has 0 bridgehead atoms. The lowest BCUT2D eigenvalue weighted by Crippen LogP contribution is -2.51. The number of halogens is 1. The van der Waals surface area contributed by atoms with E-state index in [1.807, 2.05) is 19.1 Å². The van der Waals surface area contributed by atoms with Crippen molar-refractivity contribution in [3.05, 3.63) is 34.3 Å². The maximum Gasteiger partial charge on any atom is 0.234 e. The summed E-state index contributed by atoms with van der Waals surface area (Å²) in [5.74, 6) is 0.125. The predicted octanol–water partition coefficient (Wildman–Crippen LogP) is 3.19. The summed E-state index contributed by atoms with van der Waals surface area (Å²) in [6.45, 7) is 6.80. The van der Waals surface area contributed by atoms with Crippen LogP contribution in [0.1, 0.15) is 44.2 Å². The molecule has 0 aromatic heterocycles. The van der Waals surface area contributed by atoms with Crippen molar-refractivity contribution < 1.29 is 4.79 Å². The van der Waals surface area contributed by atoms with E-state index in [4.69, 9.17) is 0 Å². The highest BCUT2D eigenvalue weighted by molar-refractivity contribution is 9.10. The maximum atomic E-state index is 12.3. The van der Waals surface area contributed by atoms with Gasteiger partial charge in [-0.3, -0.25) is 14.6 Å². The number of rotatable bonds is 5. The molecular formula is C19H28BrN3O. The molecule has 1 unspecified atom stereocenters. The molecule has 1 aromatic rings. The van der Waals surface area contributed by atoms with Gasteiger partial charge in [0, 0.05) is 36.7 Å². The number of hydrogen-bond acceptors (Lipinski definition) is 3. The van der Waals surface area contributed by atoms with Crippen LogP contribution in [0, 0.1) is 0 Å². The van der Waals surface area contributed by atoms with Crippen LogP contribution in [0.4, 0.5) is 0 Å². The number of piperazine rings is 1. The molecule has 1 saturated carbocycles. The lowest BCUT2D eigenvalue weighted by molar-refractivity contribution is -0.123. The molecule has 1 heterocycles. The topological polar surface area (TPSA) is 35.6 Å². The molecule has 1 amide bonds. The summed E-state index contributed by atoms with van der Waals surface area (Å²) in [6, 6.07) is 8.98. The fourth-order valence-corrected chi connectivity index (χ4v) is 4.15. The third kappa shape index (κ3) is 4.80. The second kappa shape index (κ2) is 8.45. The summed E-state index contributed by atoms with van der Waals surface area (Å²) in [4.78, 5) is 17.2. The van der Waals surface area contributed by atoms with E-state index >= 15 is 0 Å². The number of nitrogens with zero attached hydrogens (tertiary/aromatic N) is 2. The van der Waals surface area contributed by atoms with Gasteiger partial charge in [0.15, 0.2) is 0 Å². The molecule has 2 fully saturated rings. The van der Waals surface area contributed by atoms with Crippen LogP contribution in [0.2, 0.25) is 0 Å². The Balaban J connectivity index is 1.41. The quantitative estimate of drug-likeness (QED) is 0.833. The average Bonchev–Trinajstić information content (AvgIpc) is 3.10. The number of benzene rings is 1. The van der Waals surface area contributed by atoms with Gasteiger partial charge in [-0.25, -0.2) is 0 Å². The van der Waals surface area contributed by atoms with Crippen molar-refractivity contribution in [2.24, 2.45) is 0 Å². The molecule has 0 spiro atoms. The summed E-state index contributed by atoms with van der Waals surface area (Å²) in [5.41, 5.74) is 1.14. The van der Waals surface area contributed by atoms with Gasteiger partial charge in [-0.1, -0.05) is 40.9 Å². The normalized spacial score (nSPS) is 21.8. The van der Waals surface area contributed by atoms with Crippen molar-refractivity contribution in [1.29, 1.82) is 0 Å². The predicted molar refractivity (Wildman–Crippen MR) is 101 cm³/mol. The van der Waals surface area contributed by atoms with Crippen LogP contribution in [0.3, 0.4) is 0 Å². The second-order valence-electron chi connectivity index (χ2n) is 7.09. The first-order chi connectivity index (χ1) is 11.6. The van der Waals surface area contributed by atoms with E-state index in [0.29, 0.717) is 6.54 Å². The molecule has 1 aliphatic carbocycles. The Morgan fingerprint density at radius 2 is 1.79 bits per heavy atom. The van der Waals surface area contributed by atoms with Gasteiger partial charge < -0.3 is 5.32 Å². The maximum absolute atomic E-state index is 12.3.